The van der Waals surface area contributed by atoms with Crippen molar-refractivity contribution in [3.63, 3.8) is 0 Å². The number of aromatic nitrogens is 2. The highest BCUT2D eigenvalue weighted by molar-refractivity contribution is 5.84. The fourth-order valence-electron chi connectivity index (χ4n) is 9.16. The van der Waals surface area contributed by atoms with Gasteiger partial charge in [-0.3, -0.25) is 14.5 Å². The zero-order chi connectivity index (χ0) is 37.2. The molecule has 0 bridgehead atoms. The van der Waals surface area contributed by atoms with E-state index in [0.717, 1.165) is 89.8 Å². The van der Waals surface area contributed by atoms with Crippen LogP contribution in [0.1, 0.15) is 57.9 Å². The number of amides is 2. The van der Waals surface area contributed by atoms with E-state index < -0.39 is 17.2 Å². The van der Waals surface area contributed by atoms with Gasteiger partial charge in [-0.15, -0.1) is 0 Å². The Bertz CT molecular complexity index is 1590. The highest BCUT2D eigenvalue weighted by Crippen LogP contribution is 2.35. The third-order valence-electron chi connectivity index (χ3n) is 12.5. The molecule has 7 rings (SSSR count). The predicted octanol–water partition coefficient (Wildman–Crippen LogP) is 3.15. The van der Waals surface area contributed by atoms with Crippen LogP contribution in [0.15, 0.2) is 24.5 Å². The average Bonchev–Trinajstić information content (AvgIpc) is 3.70. The summed E-state index contributed by atoms with van der Waals surface area (Å²) in [5.41, 5.74) is 0.283. The summed E-state index contributed by atoms with van der Waals surface area (Å²) < 4.78 is 31.0. The summed E-state index contributed by atoms with van der Waals surface area (Å²) in [6.45, 7) is 15.6. The molecular formula is C39H58F2N10O2. The van der Waals surface area contributed by atoms with Gasteiger partial charge in [0.1, 0.15) is 29.6 Å². The molecular weight excluding hydrogens is 678 g/mol. The van der Waals surface area contributed by atoms with E-state index in [4.69, 9.17) is 0 Å². The second kappa shape index (κ2) is 16.0. The summed E-state index contributed by atoms with van der Waals surface area (Å²) in [4.78, 5) is 44.8. The van der Waals surface area contributed by atoms with E-state index in [0.29, 0.717) is 62.8 Å². The van der Waals surface area contributed by atoms with Gasteiger partial charge in [0.2, 0.25) is 11.8 Å². The molecule has 53 heavy (non-hydrogen) atoms. The van der Waals surface area contributed by atoms with Crippen molar-refractivity contribution < 1.29 is 18.4 Å². The Morgan fingerprint density at radius 1 is 0.887 bits per heavy atom. The maximum Gasteiger partial charge on any atom is 0.240 e. The highest BCUT2D eigenvalue weighted by Gasteiger charge is 2.43. The van der Waals surface area contributed by atoms with Gasteiger partial charge in [0.25, 0.3) is 0 Å². The van der Waals surface area contributed by atoms with Crippen molar-refractivity contribution in [3.05, 3.63) is 41.7 Å². The lowest BCUT2D eigenvalue weighted by Crippen LogP contribution is -2.66. The van der Waals surface area contributed by atoms with Crippen LogP contribution in [0.25, 0.3) is 0 Å². The van der Waals surface area contributed by atoms with Crippen molar-refractivity contribution >= 4 is 29.1 Å². The number of rotatable bonds is 12. The minimum atomic E-state index is -0.528. The normalized spacial score (nSPS) is 24.7. The van der Waals surface area contributed by atoms with E-state index in [1.165, 1.54) is 12.1 Å². The molecule has 2 amide bonds. The van der Waals surface area contributed by atoms with Gasteiger partial charge in [0, 0.05) is 96.6 Å². The highest BCUT2D eigenvalue weighted by atomic mass is 19.1. The lowest BCUT2D eigenvalue weighted by Gasteiger charge is -2.48. The molecule has 2 unspecified atom stereocenters. The lowest BCUT2D eigenvalue weighted by molar-refractivity contribution is -0.123. The van der Waals surface area contributed by atoms with Crippen LogP contribution in [0.2, 0.25) is 0 Å². The van der Waals surface area contributed by atoms with E-state index in [1.54, 1.807) is 18.3 Å². The van der Waals surface area contributed by atoms with E-state index in [1.807, 2.05) is 6.07 Å². The molecule has 2 aromatic rings. The summed E-state index contributed by atoms with van der Waals surface area (Å²) >= 11 is 0. The van der Waals surface area contributed by atoms with Crippen LogP contribution >= 0.6 is 0 Å². The summed E-state index contributed by atoms with van der Waals surface area (Å²) in [6, 6.07) is 4.61. The third kappa shape index (κ3) is 9.20. The standard InChI is InChI=1S/C39H58F2N10O2/c1-38(2)6-13-47(14-7-38)20-28-17-32(41)33(18-31(28)40)51-25-37(53)46-39(26-51)8-15-50(16-9-39)35-19-34(44-27-45-35)43-10-4-11-48-21-29-23-49(24-30(29)22-48)12-5-36(52)42-3/h17-19,27,29-30H,4-16,20-26H2,1-3H3,(H,42,52)(H,46,53)(H,43,44,45). The summed E-state index contributed by atoms with van der Waals surface area (Å²) in [7, 11) is 1.70. The molecule has 5 fully saturated rings. The van der Waals surface area contributed by atoms with E-state index >= 15 is 8.78 Å². The fourth-order valence-corrected chi connectivity index (χ4v) is 9.16. The molecule has 3 N–H and O–H groups in total. The van der Waals surface area contributed by atoms with Crippen molar-refractivity contribution in [2.24, 2.45) is 17.3 Å². The van der Waals surface area contributed by atoms with Crippen LogP contribution in [0.3, 0.4) is 0 Å². The lowest BCUT2D eigenvalue weighted by atomic mass is 9.82. The number of halogens is 2. The van der Waals surface area contributed by atoms with E-state index in [2.05, 4.69) is 59.4 Å². The molecule has 0 aliphatic carbocycles. The number of carbonyl (C=O) groups excluding carboxylic acids is 2. The predicted molar refractivity (Wildman–Crippen MR) is 203 cm³/mol. The van der Waals surface area contributed by atoms with Crippen LogP contribution in [-0.4, -0.2) is 134 Å². The van der Waals surface area contributed by atoms with Crippen LogP contribution in [0.5, 0.6) is 0 Å². The maximum absolute atomic E-state index is 15.6. The molecule has 1 aromatic carbocycles. The number of piperidine rings is 2. The molecule has 2 atom stereocenters. The number of carbonyl (C=O) groups is 2. The van der Waals surface area contributed by atoms with Gasteiger partial charge in [-0.05, 0) is 75.1 Å². The number of hydrogen-bond acceptors (Lipinski definition) is 10. The second-order valence-electron chi connectivity index (χ2n) is 17.0. The molecule has 0 saturated carbocycles. The molecule has 12 nitrogen and oxygen atoms in total. The van der Waals surface area contributed by atoms with Gasteiger partial charge < -0.3 is 35.6 Å². The van der Waals surface area contributed by atoms with Crippen molar-refractivity contribution in [2.45, 2.75) is 64.5 Å². The third-order valence-corrected chi connectivity index (χ3v) is 12.5. The minimum Gasteiger partial charge on any atom is -0.370 e. The Morgan fingerprint density at radius 3 is 2.28 bits per heavy atom. The first-order chi connectivity index (χ1) is 25.5. The number of nitrogens with one attached hydrogen (secondary N) is 3. The smallest absolute Gasteiger partial charge is 0.240 e. The van der Waals surface area contributed by atoms with Gasteiger partial charge in [-0.2, -0.15) is 0 Å². The first-order valence-electron chi connectivity index (χ1n) is 19.7. The largest absolute Gasteiger partial charge is 0.370 e. The molecule has 5 aliphatic rings. The zero-order valence-electron chi connectivity index (χ0n) is 31.8. The number of hydrogen-bond donors (Lipinski definition) is 3. The summed E-state index contributed by atoms with van der Waals surface area (Å²) in [6.07, 6.45) is 6.60. The van der Waals surface area contributed by atoms with Crippen LogP contribution < -0.4 is 25.8 Å². The van der Waals surface area contributed by atoms with Crippen molar-refractivity contribution in [1.29, 1.82) is 0 Å². The van der Waals surface area contributed by atoms with Crippen LogP contribution in [0, 0.1) is 28.9 Å². The Balaban J connectivity index is 0.866. The van der Waals surface area contributed by atoms with Crippen molar-refractivity contribution in [3.8, 4) is 0 Å². The molecule has 1 aromatic heterocycles. The number of benzene rings is 1. The summed E-state index contributed by atoms with van der Waals surface area (Å²) in [5.74, 6) is 2.07. The van der Waals surface area contributed by atoms with Gasteiger partial charge >= 0.3 is 0 Å². The number of likely N-dealkylation sites (tertiary alicyclic amines) is 3. The molecule has 5 saturated heterocycles. The Hall–Kier alpha value is -3.62. The number of piperazine rings is 1. The quantitative estimate of drug-likeness (QED) is 0.281. The minimum absolute atomic E-state index is 0.00123. The topological polar surface area (TPSA) is 112 Å². The van der Waals surface area contributed by atoms with Crippen molar-refractivity contribution in [1.82, 2.24) is 35.3 Å². The van der Waals surface area contributed by atoms with Gasteiger partial charge in [-0.1, -0.05) is 13.8 Å². The molecule has 14 heteroatoms. The fraction of sp³-hybridized carbons (Fsp3) is 0.692. The van der Waals surface area contributed by atoms with E-state index in [-0.39, 0.29) is 29.5 Å². The Labute approximate surface area is 313 Å². The number of nitrogens with zero attached hydrogens (tertiary/aromatic N) is 7. The first kappa shape index (κ1) is 37.7. The zero-order valence-corrected chi connectivity index (χ0v) is 31.8. The molecule has 6 heterocycles. The van der Waals surface area contributed by atoms with Crippen molar-refractivity contribution in [2.75, 3.05) is 107 Å². The second-order valence-corrected chi connectivity index (χ2v) is 17.0. The number of fused-ring (bicyclic) bond motifs is 1. The van der Waals surface area contributed by atoms with Gasteiger partial charge in [0.15, 0.2) is 0 Å². The Kier molecular flexibility index (Phi) is 11.4. The van der Waals surface area contributed by atoms with Gasteiger partial charge in [0.05, 0.1) is 17.8 Å². The van der Waals surface area contributed by atoms with E-state index in [9.17, 15) is 9.59 Å². The SMILES string of the molecule is CNC(=O)CCN1CC2CN(CCCNc3cc(N4CCC5(CC4)CN(c4cc(F)c(CN6CCC(C)(C)CC6)cc4F)CC(=O)N5)ncn3)CC2C1. The van der Waals surface area contributed by atoms with Gasteiger partial charge in [-0.25, -0.2) is 18.7 Å². The monoisotopic (exact) mass is 736 g/mol. The molecule has 0 radical (unpaired) electrons. The Morgan fingerprint density at radius 2 is 1.58 bits per heavy atom. The molecule has 1 spiro atoms. The average molecular weight is 737 g/mol. The number of anilines is 3. The molecule has 290 valence electrons. The first-order valence-corrected chi connectivity index (χ1v) is 19.7. The maximum atomic E-state index is 15.6. The molecule has 5 aliphatic heterocycles. The van der Waals surface area contributed by atoms with Crippen LogP contribution in [-0.2, 0) is 16.1 Å². The summed E-state index contributed by atoms with van der Waals surface area (Å²) in [5, 5.41) is 9.41. The van der Waals surface area contributed by atoms with Crippen LogP contribution in [0.4, 0.5) is 26.1 Å².